The van der Waals surface area contributed by atoms with Gasteiger partial charge in [-0.1, -0.05) is 0 Å². The molecule has 1 N–H and O–H groups in total. The highest BCUT2D eigenvalue weighted by atomic mass is 16.8. The van der Waals surface area contributed by atoms with E-state index < -0.39 is 36.5 Å². The Morgan fingerprint density at radius 2 is 2.12 bits per heavy atom. The summed E-state index contributed by atoms with van der Waals surface area (Å²) in [7, 11) is 1.21. The Labute approximate surface area is 98.5 Å². The molecule has 2 saturated heterocycles. The highest BCUT2D eigenvalue weighted by Crippen LogP contribution is 2.37. The van der Waals surface area contributed by atoms with Crippen LogP contribution in [0.15, 0.2) is 0 Å². The third-order valence-corrected chi connectivity index (χ3v) is 2.65. The lowest BCUT2D eigenvalue weighted by atomic mass is 10.1. The molecule has 0 radical (unpaired) electrons. The Morgan fingerprint density at radius 1 is 1.41 bits per heavy atom. The van der Waals surface area contributed by atoms with Crippen molar-refractivity contribution in [2.75, 3.05) is 13.7 Å². The highest BCUT2D eigenvalue weighted by molar-refractivity contribution is 5.59. The van der Waals surface area contributed by atoms with Gasteiger partial charge in [0.05, 0.1) is 7.11 Å². The van der Waals surface area contributed by atoms with Gasteiger partial charge >= 0.3 is 6.16 Å². The quantitative estimate of drug-likeness (QED) is 0.689. The second-order valence-corrected chi connectivity index (χ2v) is 4.40. The predicted molar refractivity (Wildman–Crippen MR) is 53.1 cm³/mol. The van der Waals surface area contributed by atoms with Crippen LogP contribution in [0, 0.1) is 0 Å². The van der Waals surface area contributed by atoms with Crippen molar-refractivity contribution in [1.29, 1.82) is 0 Å². The number of carbonyl (C=O) groups is 1. The molecule has 0 unspecified atom stereocenters. The van der Waals surface area contributed by atoms with E-state index >= 15 is 0 Å². The molecule has 0 aromatic carbocycles. The van der Waals surface area contributed by atoms with Crippen LogP contribution in [0.3, 0.4) is 0 Å². The molecule has 4 atom stereocenters. The number of rotatable bonds is 2. The summed E-state index contributed by atoms with van der Waals surface area (Å²) in [6.07, 6.45) is -3.57. The summed E-state index contributed by atoms with van der Waals surface area (Å²) in [5, 5.41) is 9.91. The number of carbonyl (C=O) groups excluding carboxylic acids is 1. The maximum absolute atomic E-state index is 10.8. The van der Waals surface area contributed by atoms with E-state index in [2.05, 4.69) is 4.74 Å². The number of aliphatic hydroxyl groups is 1. The molecule has 0 aromatic heterocycles. The van der Waals surface area contributed by atoms with Gasteiger partial charge in [-0.3, -0.25) is 0 Å². The van der Waals surface area contributed by atoms with Gasteiger partial charge in [0.1, 0.15) is 24.9 Å². The average molecular weight is 248 g/mol. The first-order valence-corrected chi connectivity index (χ1v) is 5.33. The molecule has 7 heteroatoms. The van der Waals surface area contributed by atoms with Crippen molar-refractivity contribution in [3.05, 3.63) is 0 Å². The van der Waals surface area contributed by atoms with Crippen LogP contribution in [0.2, 0.25) is 0 Å². The van der Waals surface area contributed by atoms with E-state index in [1.54, 1.807) is 13.8 Å². The summed E-state index contributed by atoms with van der Waals surface area (Å²) < 4.78 is 25.3. The molecule has 98 valence electrons. The molecular weight excluding hydrogens is 232 g/mol. The summed E-state index contributed by atoms with van der Waals surface area (Å²) in [4.78, 5) is 10.8. The zero-order valence-electron chi connectivity index (χ0n) is 9.91. The molecule has 0 bridgehead atoms. The van der Waals surface area contributed by atoms with Crippen LogP contribution in [-0.4, -0.2) is 55.4 Å². The minimum Gasteiger partial charge on any atom is -0.438 e. The first-order chi connectivity index (χ1) is 7.93. The van der Waals surface area contributed by atoms with Crippen LogP contribution in [0.4, 0.5) is 4.79 Å². The summed E-state index contributed by atoms with van der Waals surface area (Å²) >= 11 is 0. The predicted octanol–water partition coefficient (Wildman–Crippen LogP) is 0.00670. The maximum Gasteiger partial charge on any atom is 0.508 e. The molecule has 2 aliphatic heterocycles. The van der Waals surface area contributed by atoms with Crippen LogP contribution in [0.1, 0.15) is 13.8 Å². The van der Waals surface area contributed by atoms with Crippen molar-refractivity contribution in [3.63, 3.8) is 0 Å². The van der Waals surface area contributed by atoms with E-state index in [1.165, 1.54) is 7.11 Å². The van der Waals surface area contributed by atoms with Gasteiger partial charge in [-0.2, -0.15) is 0 Å². The maximum atomic E-state index is 10.8. The Bertz CT molecular complexity index is 303. The summed E-state index contributed by atoms with van der Waals surface area (Å²) in [6, 6.07) is 0. The van der Waals surface area contributed by atoms with Gasteiger partial charge in [0.25, 0.3) is 0 Å². The molecule has 7 nitrogen and oxygen atoms in total. The second kappa shape index (κ2) is 4.41. The minimum absolute atomic E-state index is 0.103. The summed E-state index contributed by atoms with van der Waals surface area (Å²) in [5.41, 5.74) is 0. The normalized spacial score (nSPS) is 38.8. The Morgan fingerprint density at radius 3 is 2.71 bits per heavy atom. The van der Waals surface area contributed by atoms with E-state index in [0.29, 0.717) is 0 Å². The first-order valence-electron chi connectivity index (χ1n) is 5.33. The third-order valence-electron chi connectivity index (χ3n) is 2.65. The zero-order valence-corrected chi connectivity index (χ0v) is 9.91. The number of methoxy groups -OCH3 is 1. The lowest BCUT2D eigenvalue weighted by Gasteiger charge is -2.22. The van der Waals surface area contributed by atoms with Gasteiger partial charge in [0, 0.05) is 0 Å². The van der Waals surface area contributed by atoms with Crippen LogP contribution in [0.25, 0.3) is 0 Å². The second-order valence-electron chi connectivity index (χ2n) is 4.40. The van der Waals surface area contributed by atoms with Gasteiger partial charge < -0.3 is 28.8 Å². The molecule has 2 rings (SSSR count). The van der Waals surface area contributed by atoms with Gasteiger partial charge in [-0.15, -0.1) is 0 Å². The summed E-state index contributed by atoms with van der Waals surface area (Å²) in [6.45, 7) is 3.37. The smallest absolute Gasteiger partial charge is 0.438 e. The fraction of sp³-hybridized carbons (Fsp3) is 0.900. The lowest BCUT2D eigenvalue weighted by molar-refractivity contribution is -0.218. The molecule has 0 saturated carbocycles. The van der Waals surface area contributed by atoms with Crippen molar-refractivity contribution < 1.29 is 33.6 Å². The Balaban J connectivity index is 1.87. The largest absolute Gasteiger partial charge is 0.508 e. The molecule has 0 aliphatic carbocycles. The lowest BCUT2D eigenvalue weighted by Crippen LogP contribution is -2.37. The molecule has 2 heterocycles. The Hall–Kier alpha value is -0.890. The highest BCUT2D eigenvalue weighted by Gasteiger charge is 2.54. The molecule has 0 spiro atoms. The Kier molecular flexibility index (Phi) is 3.26. The summed E-state index contributed by atoms with van der Waals surface area (Å²) in [5.74, 6) is -0.773. The molecule has 0 aromatic rings. The van der Waals surface area contributed by atoms with Crippen molar-refractivity contribution >= 4 is 6.16 Å². The van der Waals surface area contributed by atoms with E-state index in [0.717, 1.165) is 0 Å². The van der Waals surface area contributed by atoms with E-state index in [4.69, 9.17) is 18.9 Å². The van der Waals surface area contributed by atoms with Crippen molar-refractivity contribution in [1.82, 2.24) is 0 Å². The SMILES string of the molecule is COC(=O)OC[C@@H]1O[C@@H]2OC(C)(C)O[C@@H]2[C@@H]1O. The van der Waals surface area contributed by atoms with Gasteiger partial charge in [0.2, 0.25) is 0 Å². The molecular formula is C10H16O7. The van der Waals surface area contributed by atoms with Crippen LogP contribution < -0.4 is 0 Å². The van der Waals surface area contributed by atoms with Gasteiger partial charge in [-0.05, 0) is 13.8 Å². The van der Waals surface area contributed by atoms with Crippen LogP contribution >= 0.6 is 0 Å². The molecule has 0 amide bonds. The monoisotopic (exact) mass is 248 g/mol. The van der Waals surface area contributed by atoms with Crippen molar-refractivity contribution in [3.8, 4) is 0 Å². The zero-order chi connectivity index (χ0) is 12.6. The molecule has 2 fully saturated rings. The minimum atomic E-state index is -0.897. The van der Waals surface area contributed by atoms with Crippen LogP contribution in [-0.2, 0) is 23.7 Å². The van der Waals surface area contributed by atoms with E-state index in [1.807, 2.05) is 0 Å². The number of ether oxygens (including phenoxy) is 5. The van der Waals surface area contributed by atoms with Crippen molar-refractivity contribution in [2.24, 2.45) is 0 Å². The average Bonchev–Trinajstić information content (AvgIpc) is 2.70. The fourth-order valence-electron chi connectivity index (χ4n) is 1.91. The van der Waals surface area contributed by atoms with E-state index in [-0.39, 0.29) is 6.61 Å². The van der Waals surface area contributed by atoms with Gasteiger partial charge in [-0.25, -0.2) is 4.79 Å². The molecule has 17 heavy (non-hydrogen) atoms. The third kappa shape index (κ3) is 2.52. The topological polar surface area (TPSA) is 83.5 Å². The van der Waals surface area contributed by atoms with Crippen molar-refractivity contribution in [2.45, 2.75) is 44.2 Å². The van der Waals surface area contributed by atoms with E-state index in [9.17, 15) is 9.90 Å². The van der Waals surface area contributed by atoms with Crippen LogP contribution in [0.5, 0.6) is 0 Å². The standard InChI is InChI=1S/C10H16O7/c1-10(2)16-7-6(11)5(15-8(7)17-10)4-14-9(12)13-3/h5-8,11H,4H2,1-3H3/t5-,6+,7+,8+/m0/s1. The first kappa shape index (κ1) is 12.6. The number of aliphatic hydroxyl groups excluding tert-OH is 1. The number of fused-ring (bicyclic) bond motifs is 1. The fourth-order valence-corrected chi connectivity index (χ4v) is 1.91. The molecule has 2 aliphatic rings. The number of hydrogen-bond acceptors (Lipinski definition) is 7. The van der Waals surface area contributed by atoms with Gasteiger partial charge in [0.15, 0.2) is 12.1 Å². The number of hydrogen-bond donors (Lipinski definition) is 1.